The summed E-state index contributed by atoms with van der Waals surface area (Å²) in [6, 6.07) is 4.11. The van der Waals surface area contributed by atoms with Crippen molar-refractivity contribution < 1.29 is 4.79 Å². The molecule has 0 bridgehead atoms. The molecule has 0 unspecified atom stereocenters. The highest BCUT2D eigenvalue weighted by molar-refractivity contribution is 6.03. The highest BCUT2D eigenvalue weighted by atomic mass is 16.1. The lowest BCUT2D eigenvalue weighted by molar-refractivity contribution is 0.102. The Morgan fingerprint density at radius 3 is 2.33 bits per heavy atom. The number of aromatic nitrogens is 2. The van der Waals surface area contributed by atoms with Gasteiger partial charge in [-0.15, -0.1) is 0 Å². The van der Waals surface area contributed by atoms with Gasteiger partial charge in [-0.3, -0.25) is 4.79 Å². The average Bonchev–Trinajstić information content (AvgIpc) is 2.55. The minimum Gasteiger partial charge on any atom is -0.369 e. The molecule has 128 valence electrons. The van der Waals surface area contributed by atoms with E-state index in [9.17, 15) is 4.79 Å². The normalized spacial score (nSPS) is 10.5. The smallest absolute Gasteiger partial charge is 0.275 e. The van der Waals surface area contributed by atoms with Crippen LogP contribution < -0.4 is 10.6 Å². The molecule has 0 aliphatic carbocycles. The molecule has 2 rings (SSSR count). The number of nitrogens with zero attached hydrogens (tertiary/aromatic N) is 2. The maximum absolute atomic E-state index is 12.4. The van der Waals surface area contributed by atoms with Crippen LogP contribution in [-0.2, 0) is 0 Å². The Morgan fingerprint density at radius 2 is 1.75 bits per heavy atom. The Morgan fingerprint density at radius 1 is 1.04 bits per heavy atom. The van der Waals surface area contributed by atoms with Crippen LogP contribution in [0, 0.1) is 20.8 Å². The number of aryl methyl sites for hydroxylation is 3. The SMILES string of the molecule is CCCCCNc1cnc(C(=O)Nc2c(C)cc(C)cc2C)cn1. The molecule has 0 fully saturated rings. The third-order valence-electron chi connectivity index (χ3n) is 3.89. The Bertz CT molecular complexity index is 672. The molecule has 2 N–H and O–H groups in total. The summed E-state index contributed by atoms with van der Waals surface area (Å²) >= 11 is 0. The van der Waals surface area contributed by atoms with E-state index in [1.165, 1.54) is 24.6 Å². The van der Waals surface area contributed by atoms with E-state index in [0.29, 0.717) is 11.5 Å². The van der Waals surface area contributed by atoms with Gasteiger partial charge in [-0.25, -0.2) is 9.97 Å². The fraction of sp³-hybridized carbons (Fsp3) is 0.421. The standard InChI is InChI=1S/C19H26N4O/c1-5-6-7-8-20-17-12-21-16(11-22-17)19(24)23-18-14(3)9-13(2)10-15(18)4/h9-12H,5-8H2,1-4H3,(H,20,22)(H,23,24). The first-order valence-corrected chi connectivity index (χ1v) is 8.46. The Kier molecular flexibility index (Phi) is 6.29. The zero-order valence-electron chi connectivity index (χ0n) is 14.9. The first-order chi connectivity index (χ1) is 11.5. The van der Waals surface area contributed by atoms with E-state index in [1.54, 1.807) is 6.20 Å². The molecule has 0 atom stereocenters. The number of rotatable bonds is 7. The molecule has 1 aromatic carbocycles. The van der Waals surface area contributed by atoms with Gasteiger partial charge in [-0.05, 0) is 38.3 Å². The van der Waals surface area contributed by atoms with Crippen molar-refractivity contribution in [2.75, 3.05) is 17.2 Å². The van der Waals surface area contributed by atoms with Gasteiger partial charge in [0.2, 0.25) is 0 Å². The van der Waals surface area contributed by atoms with E-state index in [1.807, 2.05) is 20.8 Å². The van der Waals surface area contributed by atoms with Crippen molar-refractivity contribution in [3.63, 3.8) is 0 Å². The molecule has 24 heavy (non-hydrogen) atoms. The summed E-state index contributed by atoms with van der Waals surface area (Å²) in [6.07, 6.45) is 6.60. The molecular weight excluding hydrogens is 300 g/mol. The number of benzene rings is 1. The van der Waals surface area contributed by atoms with Crippen LogP contribution in [0.1, 0.15) is 53.4 Å². The summed E-state index contributed by atoms with van der Waals surface area (Å²) in [6.45, 7) is 9.07. The van der Waals surface area contributed by atoms with Crippen molar-refractivity contribution in [1.29, 1.82) is 0 Å². The fourth-order valence-corrected chi connectivity index (χ4v) is 2.68. The van der Waals surface area contributed by atoms with Gasteiger partial charge >= 0.3 is 0 Å². The van der Waals surface area contributed by atoms with E-state index in [-0.39, 0.29) is 5.91 Å². The first kappa shape index (κ1) is 17.9. The summed E-state index contributed by atoms with van der Waals surface area (Å²) in [5.41, 5.74) is 4.43. The average molecular weight is 326 g/mol. The van der Waals surface area contributed by atoms with Gasteiger partial charge in [0.05, 0.1) is 12.4 Å². The monoisotopic (exact) mass is 326 g/mol. The third kappa shape index (κ3) is 4.78. The minimum atomic E-state index is -0.241. The zero-order chi connectivity index (χ0) is 17.5. The lowest BCUT2D eigenvalue weighted by Gasteiger charge is -2.12. The number of anilines is 2. The van der Waals surface area contributed by atoms with Crippen LogP contribution in [-0.4, -0.2) is 22.4 Å². The Balaban J connectivity index is 2.00. The quantitative estimate of drug-likeness (QED) is 0.746. The zero-order valence-corrected chi connectivity index (χ0v) is 14.9. The second kappa shape index (κ2) is 8.43. The molecule has 0 aliphatic heterocycles. The Labute approximate surface area is 143 Å². The van der Waals surface area contributed by atoms with Crippen molar-refractivity contribution >= 4 is 17.4 Å². The second-order valence-electron chi connectivity index (χ2n) is 6.15. The first-order valence-electron chi connectivity index (χ1n) is 8.46. The van der Waals surface area contributed by atoms with E-state index in [2.05, 4.69) is 39.7 Å². The number of carbonyl (C=O) groups is 1. The van der Waals surface area contributed by atoms with Crippen LogP contribution in [0.15, 0.2) is 24.5 Å². The van der Waals surface area contributed by atoms with Crippen LogP contribution in [0.2, 0.25) is 0 Å². The summed E-state index contributed by atoms with van der Waals surface area (Å²) in [5, 5.41) is 6.15. The molecule has 1 aromatic heterocycles. The molecule has 1 heterocycles. The molecule has 2 aromatic rings. The Hall–Kier alpha value is -2.43. The molecule has 5 heteroatoms. The van der Waals surface area contributed by atoms with Crippen LogP contribution in [0.5, 0.6) is 0 Å². The van der Waals surface area contributed by atoms with Crippen LogP contribution in [0.4, 0.5) is 11.5 Å². The number of nitrogens with one attached hydrogen (secondary N) is 2. The van der Waals surface area contributed by atoms with Crippen molar-refractivity contribution in [3.05, 3.63) is 46.9 Å². The molecule has 0 aliphatic rings. The predicted octanol–water partition coefficient (Wildman–Crippen LogP) is 4.26. The molecular formula is C19H26N4O. The molecule has 0 saturated carbocycles. The number of hydrogen-bond acceptors (Lipinski definition) is 4. The van der Waals surface area contributed by atoms with Gasteiger partial charge in [0.25, 0.3) is 5.91 Å². The molecule has 1 amide bonds. The van der Waals surface area contributed by atoms with Crippen LogP contribution >= 0.6 is 0 Å². The largest absolute Gasteiger partial charge is 0.369 e. The van der Waals surface area contributed by atoms with Gasteiger partial charge in [-0.2, -0.15) is 0 Å². The minimum absolute atomic E-state index is 0.241. The molecule has 0 spiro atoms. The predicted molar refractivity (Wildman–Crippen MR) is 98.7 cm³/mol. The summed E-state index contributed by atoms with van der Waals surface area (Å²) in [7, 11) is 0. The highest BCUT2D eigenvalue weighted by Crippen LogP contribution is 2.22. The molecule has 0 saturated heterocycles. The van der Waals surface area contributed by atoms with Crippen molar-refractivity contribution in [3.8, 4) is 0 Å². The van der Waals surface area contributed by atoms with Gasteiger partial charge in [0.1, 0.15) is 11.5 Å². The fourth-order valence-electron chi connectivity index (χ4n) is 2.68. The number of amides is 1. The van der Waals surface area contributed by atoms with E-state index in [4.69, 9.17) is 0 Å². The van der Waals surface area contributed by atoms with Gasteiger partial charge in [0.15, 0.2) is 0 Å². The van der Waals surface area contributed by atoms with Gasteiger partial charge in [0, 0.05) is 12.2 Å². The third-order valence-corrected chi connectivity index (χ3v) is 3.89. The summed E-state index contributed by atoms with van der Waals surface area (Å²) in [4.78, 5) is 20.9. The molecule has 5 nitrogen and oxygen atoms in total. The van der Waals surface area contributed by atoms with Gasteiger partial charge < -0.3 is 10.6 Å². The second-order valence-corrected chi connectivity index (χ2v) is 6.15. The van der Waals surface area contributed by atoms with E-state index < -0.39 is 0 Å². The molecule has 0 radical (unpaired) electrons. The number of hydrogen-bond donors (Lipinski definition) is 2. The van der Waals surface area contributed by atoms with Gasteiger partial charge in [-0.1, -0.05) is 37.5 Å². The number of unbranched alkanes of at least 4 members (excludes halogenated alkanes) is 2. The maximum Gasteiger partial charge on any atom is 0.275 e. The lowest BCUT2D eigenvalue weighted by atomic mass is 10.1. The topological polar surface area (TPSA) is 66.9 Å². The number of carbonyl (C=O) groups excluding carboxylic acids is 1. The maximum atomic E-state index is 12.4. The lowest BCUT2D eigenvalue weighted by Crippen LogP contribution is -2.16. The summed E-state index contributed by atoms with van der Waals surface area (Å²) in [5.74, 6) is 0.459. The van der Waals surface area contributed by atoms with Crippen molar-refractivity contribution in [2.24, 2.45) is 0 Å². The van der Waals surface area contributed by atoms with Crippen molar-refractivity contribution in [2.45, 2.75) is 47.0 Å². The van der Waals surface area contributed by atoms with E-state index >= 15 is 0 Å². The highest BCUT2D eigenvalue weighted by Gasteiger charge is 2.12. The summed E-state index contributed by atoms with van der Waals surface area (Å²) < 4.78 is 0. The van der Waals surface area contributed by atoms with Crippen LogP contribution in [0.25, 0.3) is 0 Å². The van der Waals surface area contributed by atoms with E-state index in [0.717, 1.165) is 29.8 Å². The van der Waals surface area contributed by atoms with Crippen molar-refractivity contribution in [1.82, 2.24) is 9.97 Å². The van der Waals surface area contributed by atoms with Crippen LogP contribution in [0.3, 0.4) is 0 Å².